The Bertz CT molecular complexity index is 792. The fourth-order valence-electron chi connectivity index (χ4n) is 4.13. The van der Waals surface area contributed by atoms with Crippen molar-refractivity contribution in [2.75, 3.05) is 31.1 Å². The van der Waals surface area contributed by atoms with Gasteiger partial charge in [0.25, 0.3) is 5.91 Å². The largest absolute Gasteiger partial charge is 0.352 e. The summed E-state index contributed by atoms with van der Waals surface area (Å²) in [5.74, 6) is 1.07. The summed E-state index contributed by atoms with van der Waals surface area (Å²) < 4.78 is 0. The normalized spacial score (nSPS) is 18.9. The van der Waals surface area contributed by atoms with Gasteiger partial charge in [0.05, 0.1) is 5.56 Å². The molecule has 1 aromatic carbocycles. The lowest BCUT2D eigenvalue weighted by atomic mass is 10.1. The maximum atomic E-state index is 12.3. The first-order valence-corrected chi connectivity index (χ1v) is 10.0. The number of benzene rings is 1. The number of fused-ring (bicyclic) bond motifs is 3. The number of nitrogens with one attached hydrogen (secondary N) is 1. The molecule has 27 heavy (non-hydrogen) atoms. The molecule has 0 aliphatic carbocycles. The molecule has 0 bridgehead atoms. The van der Waals surface area contributed by atoms with Crippen LogP contribution >= 0.6 is 0 Å². The van der Waals surface area contributed by atoms with Crippen molar-refractivity contribution in [1.82, 2.24) is 15.2 Å². The van der Waals surface area contributed by atoms with Crippen LogP contribution < -0.4 is 10.2 Å². The van der Waals surface area contributed by atoms with Gasteiger partial charge in [0.2, 0.25) is 0 Å². The Morgan fingerprint density at radius 3 is 2.93 bits per heavy atom. The summed E-state index contributed by atoms with van der Waals surface area (Å²) in [6.45, 7) is 6.95. The summed E-state index contributed by atoms with van der Waals surface area (Å²) in [7, 11) is 0. The molecule has 0 saturated carbocycles. The van der Waals surface area contributed by atoms with Gasteiger partial charge in [0.15, 0.2) is 0 Å². The highest BCUT2D eigenvalue weighted by Gasteiger charge is 2.35. The number of nitrogens with zero attached hydrogens (tertiary/aromatic N) is 3. The number of hydrogen-bond donors (Lipinski definition) is 1. The number of unbranched alkanes of at least 4 members (excludes halogenated alkanes) is 1. The second-order valence-corrected chi connectivity index (χ2v) is 7.59. The SMILES string of the molecule is CCCCNC(=O)c1cnc2c(c1)CC1CN(Cc3ccccc3)CCN21. The number of carbonyl (C=O) groups is 1. The number of hydrogen-bond acceptors (Lipinski definition) is 4. The molecule has 1 aromatic heterocycles. The number of piperazine rings is 1. The van der Waals surface area contributed by atoms with Gasteiger partial charge in [-0.1, -0.05) is 43.7 Å². The third kappa shape index (κ3) is 3.98. The molecule has 5 heteroatoms. The van der Waals surface area contributed by atoms with E-state index in [4.69, 9.17) is 0 Å². The molecule has 142 valence electrons. The molecule has 0 spiro atoms. The van der Waals surface area contributed by atoms with Crippen molar-refractivity contribution in [3.05, 3.63) is 59.3 Å². The van der Waals surface area contributed by atoms with E-state index in [1.165, 1.54) is 11.1 Å². The van der Waals surface area contributed by atoms with Crippen LogP contribution in [0, 0.1) is 0 Å². The van der Waals surface area contributed by atoms with E-state index in [1.54, 1.807) is 6.20 Å². The van der Waals surface area contributed by atoms with Crippen LogP contribution in [-0.2, 0) is 13.0 Å². The van der Waals surface area contributed by atoms with E-state index in [-0.39, 0.29) is 5.91 Å². The number of amides is 1. The summed E-state index contributed by atoms with van der Waals surface area (Å²) in [5.41, 5.74) is 3.26. The highest BCUT2D eigenvalue weighted by molar-refractivity contribution is 5.94. The predicted molar refractivity (Wildman–Crippen MR) is 108 cm³/mol. The van der Waals surface area contributed by atoms with Crippen LogP contribution in [0.25, 0.3) is 0 Å². The Kier molecular flexibility index (Phi) is 5.39. The number of carbonyl (C=O) groups excluding carboxylic acids is 1. The number of anilines is 1. The molecule has 1 unspecified atom stereocenters. The van der Waals surface area contributed by atoms with E-state index in [2.05, 4.69) is 57.4 Å². The van der Waals surface area contributed by atoms with E-state index >= 15 is 0 Å². The third-order valence-electron chi connectivity index (χ3n) is 5.56. The van der Waals surface area contributed by atoms with Crippen LogP contribution in [0.2, 0.25) is 0 Å². The first-order valence-electron chi connectivity index (χ1n) is 10.0. The minimum Gasteiger partial charge on any atom is -0.352 e. The molecule has 2 aliphatic rings. The molecule has 1 atom stereocenters. The van der Waals surface area contributed by atoms with Crippen LogP contribution in [0.5, 0.6) is 0 Å². The molecule has 1 N–H and O–H groups in total. The average Bonchev–Trinajstić information content (AvgIpc) is 3.05. The third-order valence-corrected chi connectivity index (χ3v) is 5.56. The van der Waals surface area contributed by atoms with Crippen molar-refractivity contribution in [3.8, 4) is 0 Å². The smallest absolute Gasteiger partial charge is 0.252 e. The summed E-state index contributed by atoms with van der Waals surface area (Å²) in [4.78, 5) is 21.9. The Balaban J connectivity index is 1.40. The van der Waals surface area contributed by atoms with Crippen molar-refractivity contribution in [3.63, 3.8) is 0 Å². The van der Waals surface area contributed by atoms with Crippen LogP contribution in [0.4, 0.5) is 5.82 Å². The van der Waals surface area contributed by atoms with Gasteiger partial charge in [-0.25, -0.2) is 4.98 Å². The van der Waals surface area contributed by atoms with Crippen LogP contribution in [0.1, 0.15) is 41.3 Å². The van der Waals surface area contributed by atoms with Gasteiger partial charge in [-0.3, -0.25) is 9.69 Å². The molecule has 1 amide bonds. The molecule has 2 aliphatic heterocycles. The van der Waals surface area contributed by atoms with Crippen molar-refractivity contribution in [1.29, 1.82) is 0 Å². The molecule has 3 heterocycles. The molecule has 1 saturated heterocycles. The van der Waals surface area contributed by atoms with Crippen molar-refractivity contribution in [2.45, 2.75) is 38.8 Å². The van der Waals surface area contributed by atoms with E-state index in [0.29, 0.717) is 11.6 Å². The quantitative estimate of drug-likeness (QED) is 0.801. The first kappa shape index (κ1) is 18.0. The number of aromatic nitrogens is 1. The lowest BCUT2D eigenvalue weighted by Crippen LogP contribution is -2.51. The zero-order valence-electron chi connectivity index (χ0n) is 16.0. The van der Waals surface area contributed by atoms with Gasteiger partial charge >= 0.3 is 0 Å². The Morgan fingerprint density at radius 2 is 2.11 bits per heavy atom. The minimum absolute atomic E-state index is 0.00525. The Morgan fingerprint density at radius 1 is 1.26 bits per heavy atom. The fourth-order valence-corrected chi connectivity index (χ4v) is 4.13. The predicted octanol–water partition coefficient (Wildman–Crippen LogP) is 2.86. The van der Waals surface area contributed by atoms with Gasteiger partial charge in [0.1, 0.15) is 5.82 Å². The Hall–Kier alpha value is -2.40. The van der Waals surface area contributed by atoms with Crippen molar-refractivity contribution < 1.29 is 4.79 Å². The molecule has 2 aromatic rings. The summed E-state index contributed by atoms with van der Waals surface area (Å²) in [6, 6.07) is 13.2. The van der Waals surface area contributed by atoms with Gasteiger partial charge in [-0.15, -0.1) is 0 Å². The van der Waals surface area contributed by atoms with E-state index in [9.17, 15) is 4.79 Å². The molecule has 5 nitrogen and oxygen atoms in total. The van der Waals surface area contributed by atoms with Gasteiger partial charge in [0, 0.05) is 45.0 Å². The van der Waals surface area contributed by atoms with Gasteiger partial charge in [-0.05, 0) is 30.0 Å². The maximum absolute atomic E-state index is 12.3. The highest BCUT2D eigenvalue weighted by atomic mass is 16.1. The van der Waals surface area contributed by atoms with E-state index in [0.717, 1.165) is 57.8 Å². The van der Waals surface area contributed by atoms with Crippen LogP contribution in [0.15, 0.2) is 42.6 Å². The topological polar surface area (TPSA) is 48.5 Å². The standard InChI is InChI=1S/C22H28N4O/c1-2-3-9-23-22(27)19-12-18-13-20-16-25(15-17-7-5-4-6-8-17)10-11-26(20)21(18)24-14-19/h4-8,12,14,20H,2-3,9-11,13,15-16H2,1H3,(H,23,27). The van der Waals surface area contributed by atoms with Crippen molar-refractivity contribution in [2.24, 2.45) is 0 Å². The van der Waals surface area contributed by atoms with E-state index < -0.39 is 0 Å². The van der Waals surface area contributed by atoms with Crippen LogP contribution in [0.3, 0.4) is 0 Å². The second-order valence-electron chi connectivity index (χ2n) is 7.59. The van der Waals surface area contributed by atoms with Gasteiger partial charge in [-0.2, -0.15) is 0 Å². The van der Waals surface area contributed by atoms with Gasteiger partial charge < -0.3 is 10.2 Å². The van der Waals surface area contributed by atoms with Crippen LogP contribution in [-0.4, -0.2) is 48.0 Å². The lowest BCUT2D eigenvalue weighted by Gasteiger charge is -2.38. The highest BCUT2D eigenvalue weighted by Crippen LogP contribution is 2.33. The number of rotatable bonds is 6. The summed E-state index contributed by atoms with van der Waals surface area (Å²) >= 11 is 0. The molecule has 4 rings (SSSR count). The molecule has 1 fully saturated rings. The molecule has 0 radical (unpaired) electrons. The maximum Gasteiger partial charge on any atom is 0.252 e. The molecular weight excluding hydrogens is 336 g/mol. The first-order chi connectivity index (χ1) is 13.2. The second kappa shape index (κ2) is 8.09. The zero-order valence-corrected chi connectivity index (χ0v) is 16.0. The van der Waals surface area contributed by atoms with Crippen molar-refractivity contribution >= 4 is 11.7 Å². The zero-order chi connectivity index (χ0) is 18.6. The summed E-state index contributed by atoms with van der Waals surface area (Å²) in [6.07, 6.45) is 4.80. The Labute approximate surface area is 161 Å². The summed E-state index contributed by atoms with van der Waals surface area (Å²) in [5, 5.41) is 2.99. The average molecular weight is 364 g/mol. The molecular formula is C22H28N4O. The van der Waals surface area contributed by atoms with E-state index in [1.807, 2.05) is 6.07 Å². The number of pyridine rings is 1. The monoisotopic (exact) mass is 364 g/mol. The lowest BCUT2D eigenvalue weighted by molar-refractivity contribution is 0.0952. The fraction of sp³-hybridized carbons (Fsp3) is 0.455. The minimum atomic E-state index is -0.00525.